The van der Waals surface area contributed by atoms with Crippen LogP contribution in [0.2, 0.25) is 0 Å². The summed E-state index contributed by atoms with van der Waals surface area (Å²) in [7, 11) is 0. The number of rotatable bonds is 4. The molecule has 0 saturated heterocycles. The number of aromatic nitrogens is 2. The highest BCUT2D eigenvalue weighted by Gasteiger charge is 2.21. The zero-order chi connectivity index (χ0) is 19.0. The third-order valence-corrected chi connectivity index (χ3v) is 4.40. The second kappa shape index (κ2) is 6.61. The molecule has 0 atom stereocenters. The summed E-state index contributed by atoms with van der Waals surface area (Å²) < 4.78 is 14.6. The fourth-order valence-corrected chi connectivity index (χ4v) is 3.01. The fraction of sp³-hybridized carbons (Fsp3) is 0.0455. The van der Waals surface area contributed by atoms with Crippen molar-refractivity contribution in [2.75, 3.05) is 0 Å². The maximum Gasteiger partial charge on any atom is 0.196 e. The molecular formula is C22H15FN2O2. The van der Waals surface area contributed by atoms with Crippen LogP contribution in [0, 0.1) is 5.82 Å². The summed E-state index contributed by atoms with van der Waals surface area (Å²) in [5, 5.41) is 6.22. The second-order valence-corrected chi connectivity index (χ2v) is 6.26. The Hall–Kier alpha value is -3.60. The van der Waals surface area contributed by atoms with Gasteiger partial charge in [-0.3, -0.25) is 9.59 Å². The molecule has 4 nitrogen and oxygen atoms in total. The van der Waals surface area contributed by atoms with E-state index < -0.39 is 0 Å². The Bertz CT molecular complexity index is 1180. The van der Waals surface area contributed by atoms with Crippen molar-refractivity contribution in [3.63, 3.8) is 0 Å². The minimum Gasteiger partial charge on any atom is -0.293 e. The maximum absolute atomic E-state index is 13.2. The van der Waals surface area contributed by atoms with E-state index in [9.17, 15) is 14.0 Å². The summed E-state index contributed by atoms with van der Waals surface area (Å²) in [6, 6.07) is 18.8. The summed E-state index contributed by atoms with van der Waals surface area (Å²) in [5.74, 6) is -0.954. The molecule has 4 rings (SSSR count). The molecule has 132 valence electrons. The fourth-order valence-electron chi connectivity index (χ4n) is 3.01. The third kappa shape index (κ3) is 3.15. The molecule has 0 amide bonds. The minimum absolute atomic E-state index is 0.0949. The molecule has 4 aromatic rings. The van der Waals surface area contributed by atoms with Gasteiger partial charge in [-0.1, -0.05) is 36.4 Å². The van der Waals surface area contributed by atoms with Crippen LogP contribution in [0.1, 0.15) is 33.3 Å². The number of ketones is 2. The smallest absolute Gasteiger partial charge is 0.196 e. The van der Waals surface area contributed by atoms with Crippen molar-refractivity contribution >= 4 is 22.3 Å². The van der Waals surface area contributed by atoms with Crippen LogP contribution >= 0.6 is 0 Å². The van der Waals surface area contributed by atoms with Gasteiger partial charge in [0.25, 0.3) is 0 Å². The predicted octanol–water partition coefficient (Wildman–Crippen LogP) is 4.60. The van der Waals surface area contributed by atoms with E-state index in [1.807, 2.05) is 30.3 Å². The number of carbonyl (C=O) groups is 2. The first-order chi connectivity index (χ1) is 13.0. The average Bonchev–Trinajstić information content (AvgIpc) is 3.13. The summed E-state index contributed by atoms with van der Waals surface area (Å²) in [4.78, 5) is 25.1. The van der Waals surface area contributed by atoms with E-state index >= 15 is 0 Å². The first kappa shape index (κ1) is 16.8. The van der Waals surface area contributed by atoms with Gasteiger partial charge in [0, 0.05) is 18.7 Å². The zero-order valence-electron chi connectivity index (χ0n) is 14.5. The van der Waals surface area contributed by atoms with Crippen molar-refractivity contribution in [1.82, 2.24) is 9.78 Å². The Labute approximate surface area is 154 Å². The van der Waals surface area contributed by atoms with Crippen molar-refractivity contribution in [2.24, 2.45) is 0 Å². The Morgan fingerprint density at radius 3 is 2.33 bits per heavy atom. The van der Waals surface area contributed by atoms with Crippen LogP contribution in [-0.4, -0.2) is 21.3 Å². The maximum atomic E-state index is 13.2. The summed E-state index contributed by atoms with van der Waals surface area (Å²) in [5.41, 5.74) is 1.37. The van der Waals surface area contributed by atoms with Gasteiger partial charge >= 0.3 is 0 Å². The van der Waals surface area contributed by atoms with Crippen molar-refractivity contribution in [3.05, 3.63) is 95.6 Å². The molecule has 0 radical (unpaired) electrons. The number of hydrogen-bond acceptors (Lipinski definition) is 3. The lowest BCUT2D eigenvalue weighted by molar-refractivity contribution is 0.0987. The third-order valence-electron chi connectivity index (χ3n) is 4.40. The van der Waals surface area contributed by atoms with Gasteiger partial charge in [-0.2, -0.15) is 5.10 Å². The SMILES string of the molecule is CC(=O)c1nn(-c2ccc(F)cc2)cc1C(=O)c1ccc2ccccc2c1. The first-order valence-electron chi connectivity index (χ1n) is 8.43. The van der Waals surface area contributed by atoms with Crippen LogP contribution in [-0.2, 0) is 0 Å². The van der Waals surface area contributed by atoms with E-state index in [4.69, 9.17) is 0 Å². The Morgan fingerprint density at radius 2 is 1.63 bits per heavy atom. The number of nitrogens with zero attached hydrogens (tertiary/aromatic N) is 2. The van der Waals surface area contributed by atoms with Gasteiger partial charge in [0.1, 0.15) is 11.5 Å². The zero-order valence-corrected chi connectivity index (χ0v) is 14.5. The molecular weight excluding hydrogens is 343 g/mol. The minimum atomic E-state index is -0.370. The highest BCUT2D eigenvalue weighted by molar-refractivity contribution is 6.15. The van der Waals surface area contributed by atoms with E-state index in [2.05, 4.69) is 5.10 Å². The average molecular weight is 358 g/mol. The van der Waals surface area contributed by atoms with Crippen LogP contribution < -0.4 is 0 Å². The van der Waals surface area contributed by atoms with Crippen LogP contribution in [0.5, 0.6) is 0 Å². The van der Waals surface area contributed by atoms with Gasteiger partial charge < -0.3 is 0 Å². The molecule has 27 heavy (non-hydrogen) atoms. The highest BCUT2D eigenvalue weighted by atomic mass is 19.1. The molecule has 5 heteroatoms. The van der Waals surface area contributed by atoms with Crippen LogP contribution in [0.15, 0.2) is 72.9 Å². The van der Waals surface area contributed by atoms with Crippen molar-refractivity contribution in [3.8, 4) is 5.69 Å². The van der Waals surface area contributed by atoms with Gasteiger partial charge in [0.15, 0.2) is 11.6 Å². The molecule has 0 aliphatic heterocycles. The predicted molar refractivity (Wildman–Crippen MR) is 101 cm³/mol. The number of halogens is 1. The molecule has 0 spiro atoms. The number of hydrogen-bond donors (Lipinski definition) is 0. The van der Waals surface area contributed by atoms with Gasteiger partial charge in [-0.05, 0) is 41.1 Å². The topological polar surface area (TPSA) is 52.0 Å². The molecule has 1 heterocycles. The summed E-state index contributed by atoms with van der Waals surface area (Å²) >= 11 is 0. The van der Waals surface area contributed by atoms with E-state index in [0.29, 0.717) is 11.3 Å². The molecule has 0 saturated carbocycles. The lowest BCUT2D eigenvalue weighted by Crippen LogP contribution is -2.06. The summed E-state index contributed by atoms with van der Waals surface area (Å²) in [6.45, 7) is 1.37. The largest absolute Gasteiger partial charge is 0.293 e. The lowest BCUT2D eigenvalue weighted by Gasteiger charge is -2.03. The summed E-state index contributed by atoms with van der Waals surface area (Å²) in [6.07, 6.45) is 1.52. The molecule has 0 fully saturated rings. The Kier molecular flexibility index (Phi) is 4.12. The molecule has 0 N–H and O–H groups in total. The normalized spacial score (nSPS) is 10.9. The molecule has 0 aliphatic rings. The van der Waals surface area contributed by atoms with Crippen LogP contribution in [0.3, 0.4) is 0 Å². The Balaban J connectivity index is 1.80. The van der Waals surface area contributed by atoms with E-state index in [-0.39, 0.29) is 28.6 Å². The lowest BCUT2D eigenvalue weighted by atomic mass is 9.99. The Morgan fingerprint density at radius 1 is 0.926 bits per heavy atom. The highest BCUT2D eigenvalue weighted by Crippen LogP contribution is 2.21. The molecule has 3 aromatic carbocycles. The monoisotopic (exact) mass is 358 g/mol. The van der Waals surface area contributed by atoms with Crippen LogP contribution in [0.25, 0.3) is 16.5 Å². The number of fused-ring (bicyclic) bond motifs is 1. The second-order valence-electron chi connectivity index (χ2n) is 6.26. The molecule has 0 bridgehead atoms. The van der Waals surface area contributed by atoms with E-state index in [0.717, 1.165) is 10.8 Å². The van der Waals surface area contributed by atoms with Gasteiger partial charge in [-0.25, -0.2) is 9.07 Å². The van der Waals surface area contributed by atoms with Crippen LogP contribution in [0.4, 0.5) is 4.39 Å². The van der Waals surface area contributed by atoms with E-state index in [1.54, 1.807) is 12.1 Å². The van der Waals surface area contributed by atoms with Gasteiger partial charge in [0.2, 0.25) is 0 Å². The van der Waals surface area contributed by atoms with Crippen molar-refractivity contribution in [2.45, 2.75) is 6.92 Å². The molecule has 0 aliphatic carbocycles. The molecule has 1 aromatic heterocycles. The van der Waals surface area contributed by atoms with Crippen molar-refractivity contribution < 1.29 is 14.0 Å². The number of benzene rings is 3. The number of carbonyl (C=O) groups excluding carboxylic acids is 2. The molecule has 0 unspecified atom stereocenters. The van der Waals surface area contributed by atoms with E-state index in [1.165, 1.54) is 42.1 Å². The first-order valence-corrected chi connectivity index (χ1v) is 8.43. The van der Waals surface area contributed by atoms with Gasteiger partial charge in [-0.15, -0.1) is 0 Å². The standard InChI is InChI=1S/C22H15FN2O2/c1-14(26)21-20(13-25(24-21)19-10-8-18(23)9-11-19)22(27)17-7-6-15-4-2-3-5-16(15)12-17/h2-13H,1H3. The number of Topliss-reactive ketones (excluding diaryl/α,β-unsaturated/α-hetero) is 1. The van der Waals surface area contributed by atoms with Gasteiger partial charge in [0.05, 0.1) is 11.3 Å². The quantitative estimate of drug-likeness (QED) is 0.501. The van der Waals surface area contributed by atoms with Crippen molar-refractivity contribution in [1.29, 1.82) is 0 Å².